The Morgan fingerprint density at radius 1 is 1.40 bits per heavy atom. The van der Waals surface area contributed by atoms with Gasteiger partial charge in [-0.25, -0.2) is 4.79 Å². The van der Waals surface area contributed by atoms with Crippen LogP contribution in [0.25, 0.3) is 0 Å². The number of H-pyrrole nitrogens is 1. The van der Waals surface area contributed by atoms with Crippen molar-refractivity contribution in [2.75, 3.05) is 0 Å². The van der Waals surface area contributed by atoms with E-state index in [9.17, 15) is 14.4 Å². The van der Waals surface area contributed by atoms with Crippen LogP contribution in [0.2, 0.25) is 0 Å². The Labute approximate surface area is 113 Å². The van der Waals surface area contributed by atoms with Crippen LogP contribution >= 0.6 is 0 Å². The molecule has 10 heteroatoms. The summed E-state index contributed by atoms with van der Waals surface area (Å²) in [6, 6.07) is -1.43. The highest BCUT2D eigenvalue weighted by Gasteiger charge is 2.27. The number of carbonyl (C=O) groups excluding carboxylic acids is 2. The Hall–Kier alpha value is -2.52. The first-order valence-electron chi connectivity index (χ1n) is 5.68. The number of tetrazole rings is 1. The Kier molecular flexibility index (Phi) is 4.73. The number of rotatable bonds is 5. The highest BCUT2D eigenvalue weighted by Crippen LogP contribution is 2.09. The number of esters is 1. The number of ether oxygens (including phenoxy) is 1. The van der Waals surface area contributed by atoms with Crippen molar-refractivity contribution in [2.24, 2.45) is 0 Å². The first-order valence-corrected chi connectivity index (χ1v) is 5.68. The topological polar surface area (TPSA) is 147 Å². The fourth-order valence-corrected chi connectivity index (χ4v) is 1.23. The molecule has 0 bridgehead atoms. The Balaban J connectivity index is 2.64. The summed E-state index contributed by atoms with van der Waals surface area (Å²) in [6.45, 7) is 4.95. The van der Waals surface area contributed by atoms with Crippen LogP contribution < -0.4 is 5.32 Å². The molecule has 110 valence electrons. The van der Waals surface area contributed by atoms with E-state index in [1.54, 1.807) is 20.8 Å². The second-order valence-electron chi connectivity index (χ2n) is 4.89. The molecule has 0 aliphatic heterocycles. The molecule has 0 saturated carbocycles. The molecule has 0 unspecified atom stereocenters. The summed E-state index contributed by atoms with van der Waals surface area (Å²) in [5.41, 5.74) is -0.738. The number of amides is 1. The normalized spacial score (nSPS) is 12.6. The lowest BCUT2D eigenvalue weighted by atomic mass is 10.1. The van der Waals surface area contributed by atoms with Crippen LogP contribution in [0.1, 0.15) is 37.8 Å². The minimum atomic E-state index is -1.43. The van der Waals surface area contributed by atoms with Gasteiger partial charge in [0.05, 0.1) is 6.42 Å². The second kappa shape index (κ2) is 6.08. The number of aromatic nitrogens is 4. The average Bonchev–Trinajstić information content (AvgIpc) is 2.78. The van der Waals surface area contributed by atoms with E-state index in [4.69, 9.17) is 9.84 Å². The van der Waals surface area contributed by atoms with Crippen molar-refractivity contribution in [3.05, 3.63) is 5.82 Å². The van der Waals surface area contributed by atoms with Gasteiger partial charge in [0.1, 0.15) is 11.6 Å². The van der Waals surface area contributed by atoms with Crippen LogP contribution in [0.5, 0.6) is 0 Å². The third-order valence-electron chi connectivity index (χ3n) is 1.94. The molecule has 1 heterocycles. The fourth-order valence-electron chi connectivity index (χ4n) is 1.23. The number of carbonyl (C=O) groups is 3. The van der Waals surface area contributed by atoms with Crippen LogP contribution in [-0.4, -0.2) is 55.2 Å². The summed E-state index contributed by atoms with van der Waals surface area (Å²) in [5, 5.41) is 23.1. The van der Waals surface area contributed by atoms with Gasteiger partial charge in [0.2, 0.25) is 0 Å². The lowest BCUT2D eigenvalue weighted by Crippen LogP contribution is -2.43. The molecule has 0 radical (unpaired) electrons. The van der Waals surface area contributed by atoms with E-state index in [0.717, 1.165) is 0 Å². The molecule has 0 saturated heterocycles. The zero-order chi connectivity index (χ0) is 15.3. The summed E-state index contributed by atoms with van der Waals surface area (Å²) >= 11 is 0. The van der Waals surface area contributed by atoms with Gasteiger partial charge in [0, 0.05) is 0 Å². The molecular formula is C10H15N5O5. The maximum Gasteiger partial charge on any atom is 0.326 e. The molecule has 1 aromatic rings. The zero-order valence-electron chi connectivity index (χ0n) is 11.2. The van der Waals surface area contributed by atoms with E-state index >= 15 is 0 Å². The standard InChI is InChI=1S/C10H15N5O5/c1-10(2,3)20-6(16)4-5(9(18)19)11-8(17)7-12-14-15-13-7/h5H,4H2,1-3H3,(H,11,17)(H,18,19)(H,12,13,14,15)/t5-/m0/s1. The van der Waals surface area contributed by atoms with E-state index in [2.05, 4.69) is 25.9 Å². The highest BCUT2D eigenvalue weighted by molar-refractivity contribution is 5.94. The van der Waals surface area contributed by atoms with Crippen molar-refractivity contribution in [2.45, 2.75) is 38.8 Å². The number of carboxylic acids is 1. The smallest absolute Gasteiger partial charge is 0.326 e. The predicted molar refractivity (Wildman–Crippen MR) is 63.5 cm³/mol. The minimum absolute atomic E-state index is 0.319. The van der Waals surface area contributed by atoms with Gasteiger partial charge >= 0.3 is 11.9 Å². The summed E-state index contributed by atoms with van der Waals surface area (Å²) in [6.07, 6.45) is -0.504. The number of nitrogens with zero attached hydrogens (tertiary/aromatic N) is 3. The highest BCUT2D eigenvalue weighted by atomic mass is 16.6. The fraction of sp³-hybridized carbons (Fsp3) is 0.600. The molecule has 0 aromatic carbocycles. The minimum Gasteiger partial charge on any atom is -0.480 e. The Morgan fingerprint density at radius 3 is 2.50 bits per heavy atom. The molecule has 0 aliphatic carbocycles. The van der Waals surface area contributed by atoms with Gasteiger partial charge < -0.3 is 15.2 Å². The van der Waals surface area contributed by atoms with Crippen LogP contribution in [0.15, 0.2) is 0 Å². The largest absolute Gasteiger partial charge is 0.480 e. The van der Waals surface area contributed by atoms with Gasteiger partial charge in [0.25, 0.3) is 11.7 Å². The molecule has 1 rings (SSSR count). The van der Waals surface area contributed by atoms with E-state index < -0.39 is 35.9 Å². The average molecular weight is 285 g/mol. The van der Waals surface area contributed by atoms with Crippen LogP contribution in [0.3, 0.4) is 0 Å². The number of hydrogen-bond donors (Lipinski definition) is 3. The number of nitrogens with one attached hydrogen (secondary N) is 2. The number of carboxylic acid groups (broad SMARTS) is 1. The third-order valence-corrected chi connectivity index (χ3v) is 1.94. The van der Waals surface area contributed by atoms with Gasteiger partial charge in [-0.3, -0.25) is 9.59 Å². The first-order chi connectivity index (χ1) is 9.19. The first kappa shape index (κ1) is 15.5. The zero-order valence-corrected chi connectivity index (χ0v) is 11.2. The van der Waals surface area contributed by atoms with Crippen LogP contribution in [-0.2, 0) is 14.3 Å². The number of hydrogen-bond acceptors (Lipinski definition) is 7. The van der Waals surface area contributed by atoms with E-state index in [1.165, 1.54) is 0 Å². The van der Waals surface area contributed by atoms with Gasteiger partial charge in [-0.1, -0.05) is 0 Å². The van der Waals surface area contributed by atoms with Crippen LogP contribution in [0, 0.1) is 0 Å². The monoisotopic (exact) mass is 285 g/mol. The SMILES string of the molecule is CC(C)(C)OC(=O)C[C@H](NC(=O)c1nn[nH]n1)C(=O)O. The molecule has 0 fully saturated rings. The number of aromatic amines is 1. The molecule has 0 spiro atoms. The van der Waals surface area contributed by atoms with E-state index in [0.29, 0.717) is 0 Å². The lowest BCUT2D eigenvalue weighted by molar-refractivity contribution is -0.158. The quantitative estimate of drug-likeness (QED) is 0.590. The lowest BCUT2D eigenvalue weighted by Gasteiger charge is -2.21. The van der Waals surface area contributed by atoms with Crippen molar-refractivity contribution in [3.63, 3.8) is 0 Å². The summed E-state index contributed by atoms with van der Waals surface area (Å²) in [4.78, 5) is 34.1. The summed E-state index contributed by atoms with van der Waals surface area (Å²) in [5.74, 6) is -3.28. The summed E-state index contributed by atoms with van der Waals surface area (Å²) in [7, 11) is 0. The van der Waals surface area contributed by atoms with E-state index in [1.807, 2.05) is 0 Å². The van der Waals surface area contributed by atoms with Crippen molar-refractivity contribution in [1.82, 2.24) is 25.9 Å². The van der Waals surface area contributed by atoms with Gasteiger partial charge in [-0.15, -0.1) is 10.2 Å². The molecule has 3 N–H and O–H groups in total. The second-order valence-corrected chi connectivity index (χ2v) is 4.89. The van der Waals surface area contributed by atoms with Gasteiger partial charge in [0.15, 0.2) is 0 Å². The molecule has 20 heavy (non-hydrogen) atoms. The molecule has 1 atom stereocenters. The van der Waals surface area contributed by atoms with E-state index in [-0.39, 0.29) is 5.82 Å². The van der Waals surface area contributed by atoms with Gasteiger partial charge in [-0.05, 0) is 26.0 Å². The third kappa shape index (κ3) is 5.00. The molecule has 0 aliphatic rings. The van der Waals surface area contributed by atoms with Crippen molar-refractivity contribution in [3.8, 4) is 0 Å². The Bertz CT molecular complexity index is 493. The summed E-state index contributed by atoms with van der Waals surface area (Å²) < 4.78 is 4.99. The van der Waals surface area contributed by atoms with Crippen molar-refractivity contribution in [1.29, 1.82) is 0 Å². The van der Waals surface area contributed by atoms with Crippen molar-refractivity contribution < 1.29 is 24.2 Å². The maximum absolute atomic E-state index is 11.6. The molecule has 10 nitrogen and oxygen atoms in total. The van der Waals surface area contributed by atoms with Crippen LogP contribution in [0.4, 0.5) is 0 Å². The molecular weight excluding hydrogens is 270 g/mol. The Morgan fingerprint density at radius 2 is 2.05 bits per heavy atom. The number of aliphatic carboxylic acids is 1. The van der Waals surface area contributed by atoms with Crippen molar-refractivity contribution >= 4 is 17.8 Å². The molecule has 1 amide bonds. The predicted octanol–water partition coefficient (Wildman–Crippen LogP) is -0.885. The maximum atomic E-state index is 11.6. The van der Waals surface area contributed by atoms with Gasteiger partial charge in [-0.2, -0.15) is 5.21 Å². The molecule has 1 aromatic heterocycles.